The monoisotopic (exact) mass is 377 g/mol. The first-order valence-corrected chi connectivity index (χ1v) is 9.12. The number of carbonyl (C=O) groups is 1. The Labute approximate surface area is 146 Å². The lowest BCUT2D eigenvalue weighted by Crippen LogP contribution is -2.48. The predicted molar refractivity (Wildman–Crippen MR) is 94.7 cm³/mol. The molecule has 1 fully saturated rings. The van der Waals surface area contributed by atoms with Crippen LogP contribution in [0.4, 0.5) is 0 Å². The molecule has 0 bridgehead atoms. The molecule has 3 N–H and O–H groups in total. The largest absolute Gasteiger partial charge is 0.354 e. The summed E-state index contributed by atoms with van der Waals surface area (Å²) in [5, 5.41) is 2.93. The van der Waals surface area contributed by atoms with Crippen LogP contribution in [0.15, 0.2) is 0 Å². The average molecular weight is 378 g/mol. The highest BCUT2D eigenvalue weighted by Gasteiger charge is 2.33. The number of amides is 1. The van der Waals surface area contributed by atoms with E-state index in [1.807, 2.05) is 13.8 Å². The van der Waals surface area contributed by atoms with Gasteiger partial charge in [-0.3, -0.25) is 9.69 Å². The van der Waals surface area contributed by atoms with E-state index in [0.717, 1.165) is 12.8 Å². The molecule has 134 valence electrons. The van der Waals surface area contributed by atoms with Crippen LogP contribution >= 0.6 is 24.8 Å². The van der Waals surface area contributed by atoms with Crippen molar-refractivity contribution < 1.29 is 13.2 Å². The van der Waals surface area contributed by atoms with E-state index in [1.54, 1.807) is 0 Å². The van der Waals surface area contributed by atoms with Gasteiger partial charge in [0.1, 0.15) is 0 Å². The Bertz CT molecular complexity index is 406. The third-order valence-corrected chi connectivity index (χ3v) is 5.99. The molecule has 0 aliphatic carbocycles. The zero-order chi connectivity index (χ0) is 15.2. The Morgan fingerprint density at radius 1 is 1.18 bits per heavy atom. The molecule has 0 saturated carbocycles. The number of hydrogen-bond acceptors (Lipinski definition) is 5. The summed E-state index contributed by atoms with van der Waals surface area (Å²) in [6.07, 6.45) is 1.46. The number of halogens is 2. The van der Waals surface area contributed by atoms with Gasteiger partial charge in [0, 0.05) is 32.7 Å². The summed E-state index contributed by atoms with van der Waals surface area (Å²) in [5.74, 6) is 0.449. The van der Waals surface area contributed by atoms with E-state index in [9.17, 15) is 13.2 Å². The summed E-state index contributed by atoms with van der Waals surface area (Å²) in [4.78, 5) is 14.3. The molecule has 0 unspecified atom stereocenters. The molecule has 0 radical (unpaired) electrons. The molecule has 9 heteroatoms. The second-order valence-electron chi connectivity index (χ2n) is 5.44. The molecule has 1 heterocycles. The molecular weight excluding hydrogens is 349 g/mol. The van der Waals surface area contributed by atoms with Gasteiger partial charge in [-0.05, 0) is 12.8 Å². The highest BCUT2D eigenvalue weighted by Crippen LogP contribution is 2.24. The van der Waals surface area contributed by atoms with Crippen LogP contribution in [0.2, 0.25) is 0 Å². The van der Waals surface area contributed by atoms with E-state index in [-0.39, 0.29) is 42.2 Å². The summed E-state index contributed by atoms with van der Waals surface area (Å²) in [6.45, 7) is 6.66. The molecule has 0 aromatic heterocycles. The van der Waals surface area contributed by atoms with Crippen LogP contribution < -0.4 is 11.1 Å². The Balaban J connectivity index is 0. The fraction of sp³-hybridized carbons (Fsp3) is 0.923. The van der Waals surface area contributed by atoms with E-state index in [2.05, 4.69) is 10.2 Å². The second-order valence-corrected chi connectivity index (χ2v) is 7.74. The maximum Gasteiger partial charge on any atom is 0.227 e. The predicted octanol–water partition coefficient (Wildman–Crippen LogP) is 0.442. The number of carbonyl (C=O) groups excluding carboxylic acids is 1. The quantitative estimate of drug-likeness (QED) is 0.671. The number of sulfone groups is 1. The van der Waals surface area contributed by atoms with E-state index in [4.69, 9.17) is 5.73 Å². The second kappa shape index (κ2) is 10.6. The Hall–Kier alpha value is -0.0800. The van der Waals surface area contributed by atoms with Crippen LogP contribution in [0.5, 0.6) is 0 Å². The van der Waals surface area contributed by atoms with E-state index < -0.39 is 15.3 Å². The molecule has 22 heavy (non-hydrogen) atoms. The molecule has 1 aliphatic rings. The van der Waals surface area contributed by atoms with Gasteiger partial charge in [0.05, 0.1) is 16.9 Å². The molecule has 0 spiro atoms. The van der Waals surface area contributed by atoms with Gasteiger partial charge in [0.2, 0.25) is 5.91 Å². The summed E-state index contributed by atoms with van der Waals surface area (Å²) < 4.78 is 22.6. The fourth-order valence-electron chi connectivity index (χ4n) is 2.44. The van der Waals surface area contributed by atoms with Crippen LogP contribution in [0.3, 0.4) is 0 Å². The molecule has 0 atom stereocenters. The third kappa shape index (κ3) is 6.58. The topological polar surface area (TPSA) is 92.5 Å². The summed E-state index contributed by atoms with van der Waals surface area (Å²) in [5.41, 5.74) is 5.27. The first-order chi connectivity index (χ1) is 9.39. The van der Waals surface area contributed by atoms with Crippen molar-refractivity contribution in [2.75, 3.05) is 44.2 Å². The Morgan fingerprint density at radius 3 is 2.09 bits per heavy atom. The fourth-order valence-corrected chi connectivity index (χ4v) is 3.72. The van der Waals surface area contributed by atoms with Crippen molar-refractivity contribution in [3.8, 4) is 0 Å². The molecule has 0 aromatic rings. The zero-order valence-corrected chi connectivity index (χ0v) is 15.8. The van der Waals surface area contributed by atoms with Gasteiger partial charge < -0.3 is 11.1 Å². The van der Waals surface area contributed by atoms with Gasteiger partial charge in [0.15, 0.2) is 9.84 Å². The van der Waals surface area contributed by atoms with Crippen molar-refractivity contribution in [1.29, 1.82) is 0 Å². The van der Waals surface area contributed by atoms with E-state index in [0.29, 0.717) is 32.7 Å². The third-order valence-electron chi connectivity index (χ3n) is 4.38. The first kappa shape index (κ1) is 24.2. The van der Waals surface area contributed by atoms with Crippen molar-refractivity contribution in [3.05, 3.63) is 0 Å². The lowest BCUT2D eigenvalue weighted by Gasteiger charge is -2.30. The van der Waals surface area contributed by atoms with Crippen LogP contribution in [0.25, 0.3) is 0 Å². The summed E-state index contributed by atoms with van der Waals surface area (Å²) >= 11 is 0. The zero-order valence-electron chi connectivity index (χ0n) is 13.3. The highest BCUT2D eigenvalue weighted by atomic mass is 35.5. The smallest absolute Gasteiger partial charge is 0.227 e. The Kier molecular flexibility index (Phi) is 11.7. The molecule has 1 saturated heterocycles. The highest BCUT2D eigenvalue weighted by molar-refractivity contribution is 7.91. The molecule has 0 aromatic carbocycles. The van der Waals surface area contributed by atoms with Crippen molar-refractivity contribution in [1.82, 2.24) is 10.2 Å². The van der Waals surface area contributed by atoms with Crippen molar-refractivity contribution in [2.45, 2.75) is 26.7 Å². The summed E-state index contributed by atoms with van der Waals surface area (Å²) in [6, 6.07) is 0. The van der Waals surface area contributed by atoms with Gasteiger partial charge in [0.25, 0.3) is 0 Å². The van der Waals surface area contributed by atoms with Crippen LogP contribution in [0, 0.1) is 5.41 Å². The standard InChI is InChI=1S/C13H27N3O3S.2ClH/c1-3-13(4-2,11-14)12(17)15-5-6-16-7-9-20(18,19)10-8-16;;/h3-11,14H2,1-2H3,(H,15,17);2*1H. The SMILES string of the molecule is CCC(CC)(CN)C(=O)NCCN1CCS(=O)(=O)CC1.Cl.Cl. The van der Waals surface area contributed by atoms with Crippen LogP contribution in [-0.2, 0) is 14.6 Å². The number of nitrogens with one attached hydrogen (secondary N) is 1. The maximum atomic E-state index is 12.2. The summed E-state index contributed by atoms with van der Waals surface area (Å²) in [7, 11) is -2.84. The lowest BCUT2D eigenvalue weighted by atomic mass is 9.81. The van der Waals surface area contributed by atoms with Crippen molar-refractivity contribution in [2.24, 2.45) is 11.1 Å². The van der Waals surface area contributed by atoms with Crippen LogP contribution in [0.1, 0.15) is 26.7 Å². The number of hydrogen-bond donors (Lipinski definition) is 2. The maximum absolute atomic E-state index is 12.2. The Morgan fingerprint density at radius 2 is 1.68 bits per heavy atom. The first-order valence-electron chi connectivity index (χ1n) is 7.30. The molecule has 1 amide bonds. The van der Waals surface area contributed by atoms with Gasteiger partial charge >= 0.3 is 0 Å². The van der Waals surface area contributed by atoms with Crippen molar-refractivity contribution in [3.63, 3.8) is 0 Å². The van der Waals surface area contributed by atoms with Gasteiger partial charge in [-0.1, -0.05) is 13.8 Å². The average Bonchev–Trinajstić information content (AvgIpc) is 2.43. The molecular formula is C13H29Cl2N3O3S. The number of rotatable bonds is 7. The van der Waals surface area contributed by atoms with E-state index >= 15 is 0 Å². The van der Waals surface area contributed by atoms with Gasteiger partial charge in [-0.25, -0.2) is 8.42 Å². The van der Waals surface area contributed by atoms with Gasteiger partial charge in [-0.2, -0.15) is 0 Å². The molecule has 1 aliphatic heterocycles. The van der Waals surface area contributed by atoms with Crippen LogP contribution in [-0.4, -0.2) is 63.5 Å². The molecule has 6 nitrogen and oxygen atoms in total. The lowest BCUT2D eigenvalue weighted by molar-refractivity contribution is -0.131. The number of nitrogens with zero attached hydrogens (tertiary/aromatic N) is 1. The minimum absolute atomic E-state index is 0. The molecule has 1 rings (SSSR count). The normalized spacial score (nSPS) is 18.0. The van der Waals surface area contributed by atoms with Crippen molar-refractivity contribution >= 4 is 40.6 Å². The van der Waals surface area contributed by atoms with E-state index in [1.165, 1.54) is 0 Å². The minimum atomic E-state index is -2.84. The number of nitrogens with two attached hydrogens (primary N) is 1. The minimum Gasteiger partial charge on any atom is -0.354 e. The van der Waals surface area contributed by atoms with Gasteiger partial charge in [-0.15, -0.1) is 24.8 Å².